The highest BCUT2D eigenvalue weighted by Gasteiger charge is 2.24. The number of carbonyl (C=O) groups is 1. The zero-order chi connectivity index (χ0) is 17.2. The molecule has 1 aliphatic heterocycles. The molecule has 0 bridgehead atoms. The van der Waals surface area contributed by atoms with Gasteiger partial charge in [-0.05, 0) is 37.3 Å². The molecule has 0 atom stereocenters. The van der Waals surface area contributed by atoms with Crippen molar-refractivity contribution in [3.05, 3.63) is 41.1 Å². The molecular formula is C19H22N4O2. The molecule has 130 valence electrons. The number of benzene rings is 1. The zero-order valence-electron chi connectivity index (χ0n) is 14.2. The monoisotopic (exact) mass is 338 g/mol. The van der Waals surface area contributed by atoms with E-state index in [9.17, 15) is 4.79 Å². The first kappa shape index (κ1) is 16.0. The molecule has 0 unspecified atom stereocenters. The lowest BCUT2D eigenvalue weighted by molar-refractivity contribution is -0.123. The van der Waals surface area contributed by atoms with Crippen molar-refractivity contribution in [2.75, 3.05) is 24.6 Å². The highest BCUT2D eigenvalue weighted by atomic mass is 16.3. The number of aryl methyl sites for hydroxylation is 1. The van der Waals surface area contributed by atoms with Crippen LogP contribution in [0.4, 0.5) is 5.95 Å². The first-order valence-electron chi connectivity index (χ1n) is 8.86. The molecule has 6 heteroatoms. The molecule has 1 fully saturated rings. The average molecular weight is 338 g/mol. The Morgan fingerprint density at radius 3 is 2.84 bits per heavy atom. The third-order valence-corrected chi connectivity index (χ3v) is 4.89. The van der Waals surface area contributed by atoms with Crippen molar-refractivity contribution >= 4 is 11.9 Å². The minimum absolute atomic E-state index is 0.367. The summed E-state index contributed by atoms with van der Waals surface area (Å²) in [5, 5.41) is 11.5. The van der Waals surface area contributed by atoms with Crippen molar-refractivity contribution < 1.29 is 9.90 Å². The lowest BCUT2D eigenvalue weighted by Gasteiger charge is -2.31. The molecule has 1 aromatic carbocycles. The molecule has 1 saturated heterocycles. The second kappa shape index (κ2) is 6.80. The fraction of sp³-hybridized carbons (Fsp3) is 0.421. The number of amides is 1. The van der Waals surface area contributed by atoms with E-state index in [1.165, 1.54) is 17.7 Å². The molecule has 6 nitrogen and oxygen atoms in total. The van der Waals surface area contributed by atoms with E-state index in [4.69, 9.17) is 15.1 Å². The van der Waals surface area contributed by atoms with Crippen LogP contribution in [-0.2, 0) is 24.2 Å². The molecule has 2 aliphatic rings. The van der Waals surface area contributed by atoms with Gasteiger partial charge in [-0.25, -0.2) is 9.97 Å². The van der Waals surface area contributed by atoms with Gasteiger partial charge in [0.2, 0.25) is 11.9 Å². The lowest BCUT2D eigenvalue weighted by atomic mass is 10.0. The topological polar surface area (TPSA) is 78.3 Å². The fourth-order valence-electron chi connectivity index (χ4n) is 3.40. The van der Waals surface area contributed by atoms with Crippen molar-refractivity contribution in [1.82, 2.24) is 15.3 Å². The van der Waals surface area contributed by atoms with Gasteiger partial charge in [0.1, 0.15) is 6.61 Å². The number of aromatic nitrogens is 2. The van der Waals surface area contributed by atoms with E-state index in [0.29, 0.717) is 6.54 Å². The molecule has 2 aromatic rings. The van der Waals surface area contributed by atoms with Crippen LogP contribution < -0.4 is 10.2 Å². The van der Waals surface area contributed by atoms with Gasteiger partial charge in [0, 0.05) is 36.5 Å². The Morgan fingerprint density at radius 2 is 2.08 bits per heavy atom. The number of hydrogen-bond donors (Lipinski definition) is 2. The molecule has 0 spiro atoms. The largest absolute Gasteiger partial charge is 0.387 e. The SMILES string of the molecule is O=C(CO)NCc1cccc(-c2nc(N3CCC3)nc3c2CCC3)c1. The van der Waals surface area contributed by atoms with Gasteiger partial charge in [0.15, 0.2) is 0 Å². The van der Waals surface area contributed by atoms with Crippen LogP contribution in [0.5, 0.6) is 0 Å². The molecular weight excluding hydrogens is 316 g/mol. The maximum atomic E-state index is 11.3. The average Bonchev–Trinajstić information content (AvgIpc) is 3.06. The van der Waals surface area contributed by atoms with E-state index in [1.54, 1.807) is 0 Å². The fourth-order valence-corrected chi connectivity index (χ4v) is 3.40. The molecule has 0 saturated carbocycles. The van der Waals surface area contributed by atoms with Crippen LogP contribution in [0.2, 0.25) is 0 Å². The van der Waals surface area contributed by atoms with E-state index in [-0.39, 0.29) is 5.91 Å². The van der Waals surface area contributed by atoms with Crippen LogP contribution in [0.1, 0.15) is 29.7 Å². The van der Waals surface area contributed by atoms with Crippen LogP contribution in [-0.4, -0.2) is 40.7 Å². The Hall–Kier alpha value is -2.47. The van der Waals surface area contributed by atoms with Crippen molar-refractivity contribution in [2.45, 2.75) is 32.2 Å². The van der Waals surface area contributed by atoms with E-state index in [2.05, 4.69) is 22.3 Å². The molecule has 25 heavy (non-hydrogen) atoms. The quantitative estimate of drug-likeness (QED) is 0.863. The van der Waals surface area contributed by atoms with Gasteiger partial charge < -0.3 is 15.3 Å². The minimum Gasteiger partial charge on any atom is -0.387 e. The molecule has 2 heterocycles. The van der Waals surface area contributed by atoms with Crippen LogP contribution in [0.25, 0.3) is 11.3 Å². The zero-order valence-corrected chi connectivity index (χ0v) is 14.2. The van der Waals surface area contributed by atoms with Gasteiger partial charge in [-0.3, -0.25) is 4.79 Å². The van der Waals surface area contributed by atoms with Crippen molar-refractivity contribution in [1.29, 1.82) is 0 Å². The van der Waals surface area contributed by atoms with Crippen molar-refractivity contribution in [2.24, 2.45) is 0 Å². The summed E-state index contributed by atoms with van der Waals surface area (Å²) in [7, 11) is 0. The van der Waals surface area contributed by atoms with Crippen LogP contribution in [0, 0.1) is 0 Å². The van der Waals surface area contributed by atoms with Crippen molar-refractivity contribution in [3.63, 3.8) is 0 Å². The predicted molar refractivity (Wildman–Crippen MR) is 95.3 cm³/mol. The number of anilines is 1. The lowest BCUT2D eigenvalue weighted by Crippen LogP contribution is -2.38. The number of hydrogen-bond acceptors (Lipinski definition) is 5. The van der Waals surface area contributed by atoms with Gasteiger partial charge in [-0.2, -0.15) is 0 Å². The van der Waals surface area contributed by atoms with Gasteiger partial charge in [-0.15, -0.1) is 0 Å². The Balaban J connectivity index is 1.67. The van der Waals surface area contributed by atoms with E-state index < -0.39 is 6.61 Å². The highest BCUT2D eigenvalue weighted by Crippen LogP contribution is 2.33. The third kappa shape index (κ3) is 3.22. The molecule has 1 amide bonds. The summed E-state index contributed by atoms with van der Waals surface area (Å²) in [6, 6.07) is 8.10. The smallest absolute Gasteiger partial charge is 0.245 e. The number of aliphatic hydroxyl groups is 1. The van der Waals surface area contributed by atoms with E-state index in [0.717, 1.165) is 55.1 Å². The molecule has 1 aromatic heterocycles. The van der Waals surface area contributed by atoms with Gasteiger partial charge in [0.25, 0.3) is 0 Å². The number of aliphatic hydroxyl groups excluding tert-OH is 1. The maximum absolute atomic E-state index is 11.3. The molecule has 0 radical (unpaired) electrons. The summed E-state index contributed by atoms with van der Waals surface area (Å²) >= 11 is 0. The number of fused-ring (bicyclic) bond motifs is 1. The molecule has 4 rings (SSSR count). The minimum atomic E-state index is -0.488. The maximum Gasteiger partial charge on any atom is 0.245 e. The Labute approximate surface area is 146 Å². The molecule has 1 aliphatic carbocycles. The summed E-state index contributed by atoms with van der Waals surface area (Å²) in [6.45, 7) is 1.98. The van der Waals surface area contributed by atoms with Crippen LogP contribution >= 0.6 is 0 Å². The highest BCUT2D eigenvalue weighted by molar-refractivity contribution is 5.77. The first-order valence-corrected chi connectivity index (χ1v) is 8.86. The van der Waals surface area contributed by atoms with Crippen LogP contribution in [0.3, 0.4) is 0 Å². The predicted octanol–water partition coefficient (Wildman–Crippen LogP) is 1.45. The van der Waals surface area contributed by atoms with E-state index >= 15 is 0 Å². The summed E-state index contributed by atoms with van der Waals surface area (Å²) < 4.78 is 0. The van der Waals surface area contributed by atoms with Gasteiger partial charge in [0.05, 0.1) is 5.69 Å². The summed E-state index contributed by atoms with van der Waals surface area (Å²) in [6.07, 6.45) is 4.39. The standard InChI is InChI=1S/C19H22N4O2/c24-12-17(25)20-11-13-4-1-5-14(10-13)18-15-6-2-7-16(15)21-19(22-18)23-8-3-9-23/h1,4-5,10,24H,2-3,6-9,11-12H2,(H,20,25). The second-order valence-corrected chi connectivity index (χ2v) is 6.63. The first-order chi connectivity index (χ1) is 12.2. The van der Waals surface area contributed by atoms with Gasteiger partial charge in [-0.1, -0.05) is 18.2 Å². The second-order valence-electron chi connectivity index (χ2n) is 6.63. The van der Waals surface area contributed by atoms with Crippen molar-refractivity contribution in [3.8, 4) is 11.3 Å². The Kier molecular flexibility index (Phi) is 4.36. The summed E-state index contributed by atoms with van der Waals surface area (Å²) in [5.74, 6) is 0.481. The summed E-state index contributed by atoms with van der Waals surface area (Å²) in [4.78, 5) is 23.2. The third-order valence-electron chi connectivity index (χ3n) is 4.89. The number of nitrogens with one attached hydrogen (secondary N) is 1. The Morgan fingerprint density at radius 1 is 1.20 bits per heavy atom. The van der Waals surface area contributed by atoms with Crippen LogP contribution in [0.15, 0.2) is 24.3 Å². The van der Waals surface area contributed by atoms with E-state index in [1.807, 2.05) is 12.1 Å². The Bertz CT molecular complexity index is 802. The molecule has 2 N–H and O–H groups in total. The van der Waals surface area contributed by atoms with Gasteiger partial charge >= 0.3 is 0 Å². The number of nitrogens with zero attached hydrogens (tertiary/aromatic N) is 3. The number of carbonyl (C=O) groups excluding carboxylic acids is 1. The summed E-state index contributed by atoms with van der Waals surface area (Å²) in [5.41, 5.74) is 5.54. The normalized spacial score (nSPS) is 15.6. The number of rotatable bonds is 5.